The summed E-state index contributed by atoms with van der Waals surface area (Å²) in [7, 11) is 1.57. The predicted molar refractivity (Wildman–Crippen MR) is 91.0 cm³/mol. The zero-order valence-electron chi connectivity index (χ0n) is 14.0. The summed E-state index contributed by atoms with van der Waals surface area (Å²) < 4.78 is 2.65. The van der Waals surface area contributed by atoms with Crippen LogP contribution in [0.5, 0.6) is 0 Å². The molecule has 8 heteroatoms. The second-order valence-electron chi connectivity index (χ2n) is 6.74. The molecule has 0 radical (unpaired) electrons. The van der Waals surface area contributed by atoms with Crippen molar-refractivity contribution in [3.05, 3.63) is 16.1 Å². The van der Waals surface area contributed by atoms with Gasteiger partial charge >= 0.3 is 0 Å². The van der Waals surface area contributed by atoms with Gasteiger partial charge in [-0.3, -0.25) is 9.59 Å². The number of nitrogens with one attached hydrogen (secondary N) is 3. The summed E-state index contributed by atoms with van der Waals surface area (Å²) in [5, 5.41) is 8.73. The van der Waals surface area contributed by atoms with Crippen LogP contribution in [0.25, 0.3) is 0 Å². The number of imidazole rings is 1. The molecule has 3 N–H and O–H groups in total. The largest absolute Gasteiger partial charge is 0.357 e. The lowest BCUT2D eigenvalue weighted by Gasteiger charge is -2.29. The average Bonchev–Trinajstić information content (AvgIpc) is 2.67. The molecule has 1 aromatic heterocycles. The Morgan fingerprint density at radius 1 is 1.39 bits per heavy atom. The van der Waals surface area contributed by atoms with E-state index in [0.29, 0.717) is 17.0 Å². The second kappa shape index (κ2) is 7.00. The van der Waals surface area contributed by atoms with Crippen LogP contribution >= 0.6 is 15.9 Å². The summed E-state index contributed by atoms with van der Waals surface area (Å²) in [5.74, 6) is -0.542. The molecule has 1 atom stereocenters. The van der Waals surface area contributed by atoms with E-state index in [0.717, 1.165) is 25.2 Å². The molecule has 1 aliphatic heterocycles. The Bertz CT molecular complexity index is 606. The minimum atomic E-state index is -0.630. The number of hydrogen-bond donors (Lipinski definition) is 3. The average molecular weight is 386 g/mol. The Morgan fingerprint density at radius 2 is 2.09 bits per heavy atom. The first-order chi connectivity index (χ1) is 10.8. The third-order valence-electron chi connectivity index (χ3n) is 3.92. The molecule has 1 aliphatic rings. The Kier molecular flexibility index (Phi) is 5.46. The minimum Gasteiger partial charge on any atom is -0.357 e. The number of rotatable bonds is 3. The molecule has 0 fully saturated rings. The van der Waals surface area contributed by atoms with E-state index in [9.17, 15) is 9.59 Å². The Balaban J connectivity index is 2.28. The minimum absolute atomic E-state index is 0.215. The van der Waals surface area contributed by atoms with Crippen LogP contribution in [-0.2, 0) is 17.9 Å². The van der Waals surface area contributed by atoms with Crippen molar-refractivity contribution in [1.29, 1.82) is 0 Å². The van der Waals surface area contributed by atoms with Gasteiger partial charge in [0.05, 0.1) is 5.69 Å². The summed E-state index contributed by atoms with van der Waals surface area (Å²) in [5.41, 5.74) is 0.808. The van der Waals surface area contributed by atoms with Crippen molar-refractivity contribution in [3.63, 3.8) is 0 Å². The fraction of sp³-hybridized carbons (Fsp3) is 0.667. The summed E-state index contributed by atoms with van der Waals surface area (Å²) in [6.07, 6.45) is 0.978. The van der Waals surface area contributed by atoms with Crippen molar-refractivity contribution in [1.82, 2.24) is 25.5 Å². The molecular weight excluding hydrogens is 362 g/mol. The molecule has 0 bridgehead atoms. The van der Waals surface area contributed by atoms with Crippen LogP contribution in [0.4, 0.5) is 0 Å². The topological polar surface area (TPSA) is 88.1 Å². The fourth-order valence-corrected chi connectivity index (χ4v) is 3.20. The van der Waals surface area contributed by atoms with Crippen molar-refractivity contribution in [2.45, 2.75) is 46.3 Å². The lowest BCUT2D eigenvalue weighted by Crippen LogP contribution is -2.53. The van der Waals surface area contributed by atoms with Crippen LogP contribution in [-0.4, -0.2) is 41.0 Å². The van der Waals surface area contributed by atoms with Crippen molar-refractivity contribution in [2.75, 3.05) is 13.6 Å². The molecule has 128 valence electrons. The molecule has 0 spiro atoms. The van der Waals surface area contributed by atoms with Gasteiger partial charge in [0.25, 0.3) is 5.91 Å². The third kappa shape index (κ3) is 3.92. The first-order valence-corrected chi connectivity index (χ1v) is 8.53. The lowest BCUT2D eigenvalue weighted by atomic mass is 9.86. The molecule has 2 heterocycles. The molecule has 23 heavy (non-hydrogen) atoms. The molecule has 7 nitrogen and oxygen atoms in total. The van der Waals surface area contributed by atoms with Crippen LogP contribution in [0.1, 0.15) is 43.4 Å². The molecule has 1 aromatic rings. The highest BCUT2D eigenvalue weighted by Crippen LogP contribution is 2.22. The normalized spacial score (nSPS) is 16.2. The van der Waals surface area contributed by atoms with Gasteiger partial charge in [0.1, 0.15) is 6.04 Å². The van der Waals surface area contributed by atoms with Gasteiger partial charge in [-0.25, -0.2) is 4.98 Å². The van der Waals surface area contributed by atoms with Gasteiger partial charge in [0, 0.05) is 20.1 Å². The van der Waals surface area contributed by atoms with Crippen LogP contribution in [0.2, 0.25) is 0 Å². The fourth-order valence-electron chi connectivity index (χ4n) is 2.63. The SMILES string of the molecule is CNC(=O)[C@@H](NC(=O)c1nc(Br)n2c1CNCCC2)C(C)(C)C. The summed E-state index contributed by atoms with van der Waals surface area (Å²) in [6, 6.07) is -0.630. The number of hydrogen-bond acceptors (Lipinski definition) is 4. The summed E-state index contributed by atoms with van der Waals surface area (Å²) in [4.78, 5) is 29.2. The monoisotopic (exact) mass is 385 g/mol. The van der Waals surface area contributed by atoms with Crippen molar-refractivity contribution >= 4 is 27.7 Å². The molecule has 0 aliphatic carbocycles. The van der Waals surface area contributed by atoms with Crippen LogP contribution in [0.3, 0.4) is 0 Å². The maximum Gasteiger partial charge on any atom is 0.272 e. The number of carbonyl (C=O) groups is 2. The molecule has 2 amide bonds. The number of amides is 2. The highest BCUT2D eigenvalue weighted by molar-refractivity contribution is 9.10. The number of likely N-dealkylation sites (N-methyl/N-ethyl adjacent to an activating group) is 1. The van der Waals surface area contributed by atoms with Gasteiger partial charge in [-0.15, -0.1) is 0 Å². The van der Waals surface area contributed by atoms with Crippen molar-refractivity contribution < 1.29 is 9.59 Å². The number of fused-ring (bicyclic) bond motifs is 1. The molecular formula is C15H24BrN5O2. The van der Waals surface area contributed by atoms with E-state index in [4.69, 9.17) is 0 Å². The Hall–Kier alpha value is -1.41. The first kappa shape index (κ1) is 17.9. The Morgan fingerprint density at radius 3 is 2.70 bits per heavy atom. The number of nitrogens with zero attached hydrogens (tertiary/aromatic N) is 2. The van der Waals surface area contributed by atoms with Gasteiger partial charge in [-0.05, 0) is 34.3 Å². The molecule has 0 aromatic carbocycles. The highest BCUT2D eigenvalue weighted by atomic mass is 79.9. The zero-order valence-corrected chi connectivity index (χ0v) is 15.6. The third-order valence-corrected chi connectivity index (χ3v) is 4.52. The van der Waals surface area contributed by atoms with E-state index in [1.807, 2.05) is 25.3 Å². The van der Waals surface area contributed by atoms with Gasteiger partial charge in [-0.1, -0.05) is 20.8 Å². The quantitative estimate of drug-likeness (QED) is 0.724. The summed E-state index contributed by atoms with van der Waals surface area (Å²) in [6.45, 7) is 8.04. The Labute approximate surface area is 144 Å². The smallest absolute Gasteiger partial charge is 0.272 e. The second-order valence-corrected chi connectivity index (χ2v) is 7.45. The van der Waals surface area contributed by atoms with E-state index in [1.54, 1.807) is 7.05 Å². The van der Waals surface area contributed by atoms with E-state index in [2.05, 4.69) is 36.9 Å². The number of carbonyl (C=O) groups excluding carboxylic acids is 2. The van der Waals surface area contributed by atoms with E-state index in [1.165, 1.54) is 0 Å². The van der Waals surface area contributed by atoms with Crippen molar-refractivity contribution in [2.24, 2.45) is 5.41 Å². The maximum absolute atomic E-state index is 12.7. The van der Waals surface area contributed by atoms with Gasteiger partial charge in [0.15, 0.2) is 10.4 Å². The molecule has 0 saturated carbocycles. The van der Waals surface area contributed by atoms with E-state index in [-0.39, 0.29) is 11.8 Å². The maximum atomic E-state index is 12.7. The van der Waals surface area contributed by atoms with E-state index >= 15 is 0 Å². The predicted octanol–water partition coefficient (Wildman–Crippen LogP) is 1.03. The lowest BCUT2D eigenvalue weighted by molar-refractivity contribution is -0.124. The molecule has 0 unspecified atom stereocenters. The standard InChI is InChI=1S/C15H24BrN5O2/c1-15(2,3)11(13(23)17-4)20-12(22)10-9-8-18-6-5-7-21(9)14(16)19-10/h11,18H,5-8H2,1-4H3,(H,17,23)(H,20,22)/t11-/m1/s1. The number of aromatic nitrogens is 2. The first-order valence-electron chi connectivity index (χ1n) is 7.73. The summed E-state index contributed by atoms with van der Waals surface area (Å²) >= 11 is 3.42. The van der Waals surface area contributed by atoms with Crippen LogP contribution in [0, 0.1) is 5.41 Å². The molecule has 2 rings (SSSR count). The highest BCUT2D eigenvalue weighted by Gasteiger charge is 2.34. The molecule has 0 saturated heterocycles. The van der Waals surface area contributed by atoms with Gasteiger partial charge < -0.3 is 20.5 Å². The van der Waals surface area contributed by atoms with Gasteiger partial charge in [-0.2, -0.15) is 0 Å². The van der Waals surface area contributed by atoms with Crippen LogP contribution < -0.4 is 16.0 Å². The zero-order chi connectivity index (χ0) is 17.2. The van der Waals surface area contributed by atoms with Gasteiger partial charge in [0.2, 0.25) is 5.91 Å². The van der Waals surface area contributed by atoms with E-state index < -0.39 is 11.5 Å². The van der Waals surface area contributed by atoms with Crippen LogP contribution in [0.15, 0.2) is 4.73 Å². The number of halogens is 1. The van der Waals surface area contributed by atoms with Crippen molar-refractivity contribution in [3.8, 4) is 0 Å².